The molecule has 5 nitrogen and oxygen atoms in total. The van der Waals surface area contributed by atoms with Crippen LogP contribution >= 0.6 is 23.6 Å². The molecular formula is C24H19N3O2S2. The van der Waals surface area contributed by atoms with Crippen LogP contribution in [0.3, 0.4) is 0 Å². The third-order valence-corrected chi connectivity index (χ3v) is 5.74. The lowest BCUT2D eigenvalue weighted by atomic mass is 10.2. The highest BCUT2D eigenvalue weighted by Gasteiger charge is 2.12. The van der Waals surface area contributed by atoms with E-state index in [-0.39, 0.29) is 11.0 Å². The van der Waals surface area contributed by atoms with Crippen molar-refractivity contribution in [1.29, 1.82) is 0 Å². The fraction of sp³-hybridized carbons (Fsp3) is 0.0417. The van der Waals surface area contributed by atoms with Gasteiger partial charge in [0, 0.05) is 11.6 Å². The summed E-state index contributed by atoms with van der Waals surface area (Å²) in [7, 11) is 1.59. The second-order valence-corrected chi connectivity index (χ2v) is 8.03. The summed E-state index contributed by atoms with van der Waals surface area (Å²) in [5.74, 6) is 0.295. The third-order valence-electron chi connectivity index (χ3n) is 4.45. The second kappa shape index (κ2) is 9.51. The number of hydrogen-bond acceptors (Lipinski definition) is 5. The van der Waals surface area contributed by atoms with Crippen molar-refractivity contribution in [3.8, 4) is 16.3 Å². The Morgan fingerprint density at radius 1 is 1.06 bits per heavy atom. The Bertz CT molecular complexity index is 1230. The third kappa shape index (κ3) is 5.14. The van der Waals surface area contributed by atoms with E-state index in [0.29, 0.717) is 11.4 Å². The molecule has 0 saturated carbocycles. The average molecular weight is 446 g/mol. The van der Waals surface area contributed by atoms with Gasteiger partial charge in [-0.3, -0.25) is 10.1 Å². The van der Waals surface area contributed by atoms with E-state index in [1.54, 1.807) is 24.5 Å². The van der Waals surface area contributed by atoms with Gasteiger partial charge in [0.2, 0.25) is 5.91 Å². The number of carbonyl (C=O) groups excluding carboxylic acids is 1. The molecule has 0 aliphatic rings. The molecule has 0 unspecified atom stereocenters. The molecule has 0 saturated heterocycles. The number of ether oxygens (including phenoxy) is 1. The van der Waals surface area contributed by atoms with E-state index >= 15 is 0 Å². The van der Waals surface area contributed by atoms with E-state index in [1.807, 2.05) is 72.8 Å². The first kappa shape index (κ1) is 20.7. The highest BCUT2D eigenvalue weighted by molar-refractivity contribution is 7.80. The highest BCUT2D eigenvalue weighted by atomic mass is 32.1. The van der Waals surface area contributed by atoms with Gasteiger partial charge in [-0.2, -0.15) is 0 Å². The molecular weight excluding hydrogens is 426 g/mol. The van der Waals surface area contributed by atoms with Crippen molar-refractivity contribution in [3.05, 3.63) is 84.4 Å². The topological polar surface area (TPSA) is 63.2 Å². The standard InChI is InChI=1S/C24H19N3O2S2/c1-29-20-13-12-17(23-25-18-9-5-6-10-21(18)31-23)15-19(20)26-24(30)27-22(28)14-11-16-7-3-2-4-8-16/h2-15H,1H3,(H2,26,27,28,30)/b14-11+. The SMILES string of the molecule is COc1ccc(-c2nc3ccccc3s2)cc1NC(=S)NC(=O)/C=C/c1ccccc1. The predicted octanol–water partition coefficient (Wildman–Crippen LogP) is 5.50. The fourth-order valence-corrected chi connectivity index (χ4v) is 4.15. The molecule has 0 atom stereocenters. The van der Waals surface area contributed by atoms with Gasteiger partial charge in [0.1, 0.15) is 10.8 Å². The lowest BCUT2D eigenvalue weighted by molar-refractivity contribution is -0.115. The maximum atomic E-state index is 12.2. The number of fused-ring (bicyclic) bond motifs is 1. The molecule has 4 aromatic rings. The van der Waals surface area contributed by atoms with Crippen LogP contribution < -0.4 is 15.4 Å². The number of aromatic nitrogens is 1. The number of amides is 1. The Balaban J connectivity index is 1.49. The van der Waals surface area contributed by atoms with Crippen LogP contribution in [-0.2, 0) is 4.79 Å². The molecule has 1 heterocycles. The van der Waals surface area contributed by atoms with Gasteiger partial charge in [-0.25, -0.2) is 4.98 Å². The molecule has 0 spiro atoms. The van der Waals surface area contributed by atoms with E-state index in [4.69, 9.17) is 21.9 Å². The van der Waals surface area contributed by atoms with Gasteiger partial charge in [0.15, 0.2) is 5.11 Å². The lowest BCUT2D eigenvalue weighted by Crippen LogP contribution is -2.32. The maximum absolute atomic E-state index is 12.2. The highest BCUT2D eigenvalue weighted by Crippen LogP contribution is 2.34. The summed E-state index contributed by atoms with van der Waals surface area (Å²) in [6.45, 7) is 0. The van der Waals surface area contributed by atoms with E-state index in [0.717, 1.165) is 26.4 Å². The summed E-state index contributed by atoms with van der Waals surface area (Å²) < 4.78 is 6.56. The lowest BCUT2D eigenvalue weighted by Gasteiger charge is -2.13. The number of thiocarbonyl (C=S) groups is 1. The van der Waals surface area contributed by atoms with Crippen molar-refractivity contribution in [2.45, 2.75) is 0 Å². The molecule has 31 heavy (non-hydrogen) atoms. The predicted molar refractivity (Wildman–Crippen MR) is 131 cm³/mol. The zero-order chi connectivity index (χ0) is 21.6. The molecule has 0 bridgehead atoms. The van der Waals surface area contributed by atoms with Crippen molar-refractivity contribution in [1.82, 2.24) is 10.3 Å². The quantitative estimate of drug-likeness (QED) is 0.314. The average Bonchev–Trinajstić information content (AvgIpc) is 3.22. The van der Waals surface area contributed by atoms with Gasteiger partial charge in [-0.05, 0) is 54.2 Å². The number of rotatable bonds is 5. The minimum Gasteiger partial charge on any atom is -0.495 e. The minimum absolute atomic E-state index is 0.183. The number of hydrogen-bond donors (Lipinski definition) is 2. The number of benzene rings is 3. The normalized spacial score (nSPS) is 10.9. The van der Waals surface area contributed by atoms with E-state index < -0.39 is 0 Å². The molecule has 1 aromatic heterocycles. The molecule has 0 radical (unpaired) electrons. The van der Waals surface area contributed by atoms with Gasteiger partial charge in [-0.1, -0.05) is 42.5 Å². The van der Waals surface area contributed by atoms with Crippen LogP contribution in [0.15, 0.2) is 78.9 Å². The monoisotopic (exact) mass is 445 g/mol. The van der Waals surface area contributed by atoms with E-state index in [1.165, 1.54) is 6.08 Å². The Morgan fingerprint density at radius 3 is 2.61 bits per heavy atom. The smallest absolute Gasteiger partial charge is 0.250 e. The molecule has 2 N–H and O–H groups in total. The maximum Gasteiger partial charge on any atom is 0.250 e. The second-order valence-electron chi connectivity index (χ2n) is 6.59. The number of anilines is 1. The van der Waals surface area contributed by atoms with E-state index in [9.17, 15) is 4.79 Å². The fourth-order valence-electron chi connectivity index (χ4n) is 2.98. The van der Waals surface area contributed by atoms with Gasteiger partial charge >= 0.3 is 0 Å². The summed E-state index contributed by atoms with van der Waals surface area (Å²) >= 11 is 6.93. The number of carbonyl (C=O) groups is 1. The Kier molecular flexibility index (Phi) is 6.35. The van der Waals surface area contributed by atoms with Gasteiger partial charge < -0.3 is 10.1 Å². The molecule has 154 valence electrons. The van der Waals surface area contributed by atoms with Crippen LogP contribution in [-0.4, -0.2) is 23.1 Å². The van der Waals surface area contributed by atoms with Crippen molar-refractivity contribution in [3.63, 3.8) is 0 Å². The number of nitrogens with zero attached hydrogens (tertiary/aromatic N) is 1. The van der Waals surface area contributed by atoms with Crippen LogP contribution in [0, 0.1) is 0 Å². The molecule has 3 aromatic carbocycles. The van der Waals surface area contributed by atoms with Crippen molar-refractivity contribution in [2.75, 3.05) is 12.4 Å². The van der Waals surface area contributed by atoms with E-state index in [2.05, 4.69) is 10.6 Å². The summed E-state index contributed by atoms with van der Waals surface area (Å²) in [6, 6.07) is 23.3. The first-order valence-corrected chi connectivity index (χ1v) is 10.7. The Hall–Kier alpha value is -3.55. The van der Waals surface area contributed by atoms with Crippen LogP contribution in [0.25, 0.3) is 26.9 Å². The summed E-state index contributed by atoms with van der Waals surface area (Å²) in [6.07, 6.45) is 3.17. The number of nitrogens with one attached hydrogen (secondary N) is 2. The minimum atomic E-state index is -0.317. The van der Waals surface area contributed by atoms with Gasteiger partial charge in [0.05, 0.1) is 23.0 Å². The summed E-state index contributed by atoms with van der Waals surface area (Å²) in [5.41, 5.74) is 3.47. The number of para-hydroxylation sites is 1. The molecule has 7 heteroatoms. The van der Waals surface area contributed by atoms with Crippen LogP contribution in [0.4, 0.5) is 5.69 Å². The molecule has 4 rings (SSSR count). The summed E-state index contributed by atoms with van der Waals surface area (Å²) in [5, 5.41) is 6.79. The van der Waals surface area contributed by atoms with Gasteiger partial charge in [-0.15, -0.1) is 11.3 Å². The number of thiazole rings is 1. The van der Waals surface area contributed by atoms with Crippen molar-refractivity contribution in [2.24, 2.45) is 0 Å². The van der Waals surface area contributed by atoms with Crippen LogP contribution in [0.5, 0.6) is 5.75 Å². The molecule has 0 aliphatic heterocycles. The first-order chi connectivity index (χ1) is 15.1. The van der Waals surface area contributed by atoms with Crippen molar-refractivity contribution >= 4 is 56.6 Å². The number of methoxy groups -OCH3 is 1. The largest absolute Gasteiger partial charge is 0.495 e. The zero-order valence-corrected chi connectivity index (χ0v) is 18.3. The molecule has 0 fully saturated rings. The zero-order valence-electron chi connectivity index (χ0n) is 16.7. The Labute approximate surface area is 189 Å². The van der Waals surface area contributed by atoms with Gasteiger partial charge in [0.25, 0.3) is 0 Å². The van der Waals surface area contributed by atoms with Crippen molar-refractivity contribution < 1.29 is 9.53 Å². The Morgan fingerprint density at radius 2 is 1.84 bits per heavy atom. The van der Waals surface area contributed by atoms with Crippen LogP contribution in [0.1, 0.15) is 5.56 Å². The molecule has 0 aliphatic carbocycles. The van der Waals surface area contributed by atoms with Crippen LogP contribution in [0.2, 0.25) is 0 Å². The first-order valence-electron chi connectivity index (χ1n) is 9.51. The summed E-state index contributed by atoms with van der Waals surface area (Å²) in [4.78, 5) is 16.9. The molecule has 1 amide bonds.